The number of carbonyl (C=O) groups is 1. The summed E-state index contributed by atoms with van der Waals surface area (Å²) in [7, 11) is 0. The Morgan fingerprint density at radius 2 is 1.93 bits per heavy atom. The summed E-state index contributed by atoms with van der Waals surface area (Å²) in [6.07, 6.45) is 7.80. The molecule has 2 heterocycles. The van der Waals surface area contributed by atoms with Crippen molar-refractivity contribution in [1.82, 2.24) is 15.2 Å². The monoisotopic (exact) mass is 404 g/mol. The highest BCUT2D eigenvalue weighted by atomic mass is 19.1. The molecular formula is C24H25FN4O. The highest BCUT2D eigenvalue weighted by Gasteiger charge is 2.29. The molecular weight excluding hydrogens is 379 g/mol. The van der Waals surface area contributed by atoms with Gasteiger partial charge < -0.3 is 16.0 Å². The summed E-state index contributed by atoms with van der Waals surface area (Å²) in [5.74, 6) is 0.315. The van der Waals surface area contributed by atoms with Crippen LogP contribution in [0.15, 0.2) is 66.7 Å². The molecule has 0 spiro atoms. The Labute approximate surface area is 175 Å². The van der Waals surface area contributed by atoms with Crippen LogP contribution >= 0.6 is 0 Å². The first-order valence-corrected chi connectivity index (χ1v) is 10.0. The van der Waals surface area contributed by atoms with Gasteiger partial charge in [0, 0.05) is 30.9 Å². The maximum Gasteiger partial charge on any atom is 0.322 e. The summed E-state index contributed by atoms with van der Waals surface area (Å²) in [6, 6.07) is 8.13. The third-order valence-electron chi connectivity index (χ3n) is 5.53. The Morgan fingerprint density at radius 1 is 1.23 bits per heavy atom. The summed E-state index contributed by atoms with van der Waals surface area (Å²) in [5, 5.41) is 2.78. The lowest BCUT2D eigenvalue weighted by Gasteiger charge is -2.17. The van der Waals surface area contributed by atoms with Gasteiger partial charge in [-0.3, -0.25) is 4.98 Å². The first-order chi connectivity index (χ1) is 14.4. The van der Waals surface area contributed by atoms with Gasteiger partial charge in [0.15, 0.2) is 0 Å². The van der Waals surface area contributed by atoms with Gasteiger partial charge in [0.05, 0.1) is 11.4 Å². The van der Waals surface area contributed by atoms with Gasteiger partial charge in [-0.2, -0.15) is 0 Å². The molecule has 2 aliphatic rings. The van der Waals surface area contributed by atoms with Crippen LogP contribution in [-0.2, 0) is 13.1 Å². The Morgan fingerprint density at radius 3 is 2.63 bits per heavy atom. The van der Waals surface area contributed by atoms with Crippen LogP contribution in [0.3, 0.4) is 0 Å². The molecule has 0 bridgehead atoms. The van der Waals surface area contributed by atoms with Gasteiger partial charge in [-0.1, -0.05) is 24.8 Å². The number of amides is 2. The van der Waals surface area contributed by atoms with Gasteiger partial charge in [0.2, 0.25) is 0 Å². The standard InChI is InChI=1S/C24H25FN4O/c1-15(17-6-8-21(25)9-7-17)3-10-22(26)16(2)28-24(30)29-13-19-11-23(18-4-5-18)27-12-20(19)14-29/h3,6-12,18H,2,4-5,13-14,26H2,1H3,(H,28,30)/b15-3+,22-10+. The minimum atomic E-state index is -0.277. The molecule has 1 aliphatic carbocycles. The molecule has 0 saturated heterocycles. The molecule has 1 fully saturated rings. The van der Waals surface area contributed by atoms with Crippen LogP contribution in [0.1, 0.15) is 48.1 Å². The number of halogens is 1. The third-order valence-corrected chi connectivity index (χ3v) is 5.53. The van der Waals surface area contributed by atoms with Crippen LogP contribution in [0, 0.1) is 5.82 Å². The van der Waals surface area contributed by atoms with Crippen LogP contribution in [0.2, 0.25) is 0 Å². The van der Waals surface area contributed by atoms with E-state index >= 15 is 0 Å². The molecule has 1 aromatic carbocycles. The van der Waals surface area contributed by atoms with Gasteiger partial charge in [0.1, 0.15) is 5.82 Å². The van der Waals surface area contributed by atoms with E-state index in [9.17, 15) is 9.18 Å². The highest BCUT2D eigenvalue weighted by Crippen LogP contribution is 2.40. The van der Waals surface area contributed by atoms with Crippen LogP contribution in [0.25, 0.3) is 5.57 Å². The van der Waals surface area contributed by atoms with E-state index in [4.69, 9.17) is 5.73 Å². The number of rotatable bonds is 5. The summed E-state index contributed by atoms with van der Waals surface area (Å²) < 4.78 is 13.1. The molecule has 2 aromatic rings. The topological polar surface area (TPSA) is 71.2 Å². The second kappa shape index (κ2) is 8.14. The number of pyridine rings is 1. The number of hydrogen-bond donors (Lipinski definition) is 2. The zero-order chi connectivity index (χ0) is 21.3. The first-order valence-electron chi connectivity index (χ1n) is 10.0. The van der Waals surface area contributed by atoms with E-state index in [1.807, 2.05) is 19.2 Å². The van der Waals surface area contributed by atoms with Gasteiger partial charge in [0.25, 0.3) is 0 Å². The zero-order valence-corrected chi connectivity index (χ0v) is 17.0. The van der Waals surface area contributed by atoms with Crippen molar-refractivity contribution in [1.29, 1.82) is 0 Å². The van der Waals surface area contributed by atoms with E-state index < -0.39 is 0 Å². The highest BCUT2D eigenvalue weighted by molar-refractivity contribution is 5.77. The predicted octanol–water partition coefficient (Wildman–Crippen LogP) is 4.58. The molecule has 6 heteroatoms. The normalized spacial score (nSPS) is 16.4. The Balaban J connectivity index is 1.36. The van der Waals surface area contributed by atoms with Crippen molar-refractivity contribution in [2.24, 2.45) is 5.73 Å². The molecule has 3 N–H and O–H groups in total. The van der Waals surface area contributed by atoms with Gasteiger partial charge in [-0.25, -0.2) is 9.18 Å². The fourth-order valence-electron chi connectivity index (χ4n) is 3.45. The van der Waals surface area contributed by atoms with E-state index in [-0.39, 0.29) is 11.8 Å². The average molecular weight is 404 g/mol. The lowest BCUT2D eigenvalue weighted by atomic mass is 10.1. The molecule has 5 nitrogen and oxygen atoms in total. The van der Waals surface area contributed by atoms with E-state index in [2.05, 4.69) is 22.9 Å². The van der Waals surface area contributed by atoms with Crippen molar-refractivity contribution < 1.29 is 9.18 Å². The van der Waals surface area contributed by atoms with E-state index in [0.29, 0.717) is 30.4 Å². The predicted molar refractivity (Wildman–Crippen MR) is 115 cm³/mol. The average Bonchev–Trinajstić information content (AvgIpc) is 3.50. The molecule has 0 unspecified atom stereocenters. The number of nitrogens with zero attached hydrogens (tertiary/aromatic N) is 2. The van der Waals surface area contributed by atoms with Crippen molar-refractivity contribution in [3.8, 4) is 0 Å². The lowest BCUT2D eigenvalue weighted by Crippen LogP contribution is -2.36. The molecule has 154 valence electrons. The Kier molecular flexibility index (Phi) is 5.40. The van der Waals surface area contributed by atoms with Crippen molar-refractivity contribution in [2.75, 3.05) is 0 Å². The number of nitrogens with one attached hydrogen (secondary N) is 1. The van der Waals surface area contributed by atoms with E-state index in [1.165, 1.54) is 25.0 Å². The van der Waals surface area contributed by atoms with Crippen LogP contribution in [-0.4, -0.2) is 15.9 Å². The Hall–Kier alpha value is -3.41. The molecule has 0 atom stereocenters. The first kappa shape index (κ1) is 19.9. The van der Waals surface area contributed by atoms with Crippen molar-refractivity contribution >= 4 is 11.6 Å². The molecule has 2 amide bonds. The molecule has 4 rings (SSSR count). The number of benzene rings is 1. The minimum Gasteiger partial charge on any atom is -0.397 e. The second-order valence-electron chi connectivity index (χ2n) is 7.90. The summed E-state index contributed by atoms with van der Waals surface area (Å²) in [6.45, 7) is 6.87. The maximum atomic E-state index is 13.1. The summed E-state index contributed by atoms with van der Waals surface area (Å²) >= 11 is 0. The maximum absolute atomic E-state index is 13.1. The van der Waals surface area contributed by atoms with Crippen LogP contribution in [0.5, 0.6) is 0 Å². The van der Waals surface area contributed by atoms with Gasteiger partial charge in [-0.05, 0) is 66.3 Å². The fraction of sp³-hybridized carbons (Fsp3) is 0.250. The molecule has 0 radical (unpaired) electrons. The number of carbonyl (C=O) groups excluding carboxylic acids is 1. The van der Waals surface area contributed by atoms with Crippen molar-refractivity contribution in [3.63, 3.8) is 0 Å². The van der Waals surface area contributed by atoms with Crippen molar-refractivity contribution in [3.05, 3.63) is 94.9 Å². The molecule has 1 aliphatic heterocycles. The summed E-state index contributed by atoms with van der Waals surface area (Å²) in [4.78, 5) is 18.9. The lowest BCUT2D eigenvalue weighted by molar-refractivity contribution is 0.201. The summed E-state index contributed by atoms with van der Waals surface area (Å²) in [5.41, 5.74) is 12.0. The number of allylic oxidation sites excluding steroid dienone is 3. The quantitative estimate of drug-likeness (QED) is 0.717. The number of hydrogen-bond acceptors (Lipinski definition) is 3. The smallest absolute Gasteiger partial charge is 0.322 e. The Bertz CT molecular complexity index is 1050. The number of aromatic nitrogens is 1. The molecule has 30 heavy (non-hydrogen) atoms. The largest absolute Gasteiger partial charge is 0.397 e. The molecule has 1 saturated carbocycles. The molecule has 1 aromatic heterocycles. The van der Waals surface area contributed by atoms with Gasteiger partial charge in [-0.15, -0.1) is 0 Å². The SMILES string of the molecule is C=C(NC(=O)N1Cc2cnc(C3CC3)cc2C1)/C(N)=C\C=C(/C)c1ccc(F)cc1. The van der Waals surface area contributed by atoms with Crippen LogP contribution in [0.4, 0.5) is 9.18 Å². The van der Waals surface area contributed by atoms with E-state index in [0.717, 1.165) is 28.0 Å². The third kappa shape index (κ3) is 4.43. The van der Waals surface area contributed by atoms with E-state index in [1.54, 1.807) is 23.1 Å². The van der Waals surface area contributed by atoms with Crippen molar-refractivity contribution in [2.45, 2.75) is 38.8 Å². The number of fused-ring (bicyclic) bond motifs is 1. The second-order valence-corrected chi connectivity index (χ2v) is 7.90. The number of nitrogens with two attached hydrogens (primary N) is 1. The van der Waals surface area contributed by atoms with Gasteiger partial charge >= 0.3 is 6.03 Å². The van der Waals surface area contributed by atoms with Crippen LogP contribution < -0.4 is 11.1 Å². The zero-order valence-electron chi connectivity index (χ0n) is 17.0. The number of urea groups is 1. The fourth-order valence-corrected chi connectivity index (χ4v) is 3.45. The minimum absolute atomic E-state index is 0.236.